The molecule has 2 amide bonds. The second-order valence-electron chi connectivity index (χ2n) is 7.06. The van der Waals surface area contributed by atoms with E-state index in [1.54, 1.807) is 0 Å². The van der Waals surface area contributed by atoms with Crippen LogP contribution in [0.2, 0.25) is 0 Å². The lowest BCUT2D eigenvalue weighted by Gasteiger charge is -2.08. The van der Waals surface area contributed by atoms with Crippen LogP contribution in [0, 0.1) is 6.92 Å². The van der Waals surface area contributed by atoms with E-state index in [1.807, 2.05) is 79.0 Å². The van der Waals surface area contributed by atoms with Crippen molar-refractivity contribution in [2.45, 2.75) is 17.7 Å². The molecule has 0 aliphatic carbocycles. The molecule has 0 spiro atoms. The van der Waals surface area contributed by atoms with Crippen molar-refractivity contribution < 1.29 is 9.59 Å². The van der Waals surface area contributed by atoms with Gasteiger partial charge >= 0.3 is 0 Å². The summed E-state index contributed by atoms with van der Waals surface area (Å²) in [4.78, 5) is 29.1. The topological polar surface area (TPSA) is 71.1 Å². The molecule has 2 N–H and O–H groups in total. The van der Waals surface area contributed by atoms with Crippen LogP contribution in [0.15, 0.2) is 76.4 Å². The van der Waals surface area contributed by atoms with Gasteiger partial charge in [0.05, 0.1) is 17.9 Å². The van der Waals surface area contributed by atoms with Gasteiger partial charge in [-0.1, -0.05) is 65.9 Å². The van der Waals surface area contributed by atoms with Crippen LogP contribution in [-0.2, 0) is 16.0 Å². The average molecular weight is 448 g/mol. The number of thioether (sulfide) groups is 1. The number of rotatable bonds is 7. The quantitative estimate of drug-likeness (QED) is 0.366. The van der Waals surface area contributed by atoms with Crippen molar-refractivity contribution in [2.75, 3.05) is 16.4 Å². The van der Waals surface area contributed by atoms with Gasteiger partial charge < -0.3 is 10.6 Å². The van der Waals surface area contributed by atoms with Gasteiger partial charge in [-0.25, -0.2) is 4.98 Å². The van der Waals surface area contributed by atoms with Crippen molar-refractivity contribution >= 4 is 57.1 Å². The van der Waals surface area contributed by atoms with Gasteiger partial charge in [0.25, 0.3) is 0 Å². The normalized spacial score (nSPS) is 10.7. The largest absolute Gasteiger partial charge is 0.326 e. The highest BCUT2D eigenvalue weighted by Gasteiger charge is 2.11. The molecule has 3 aromatic carbocycles. The first-order chi connectivity index (χ1) is 15.1. The second kappa shape index (κ2) is 9.76. The Balaban J connectivity index is 1.29. The third kappa shape index (κ3) is 5.71. The summed E-state index contributed by atoms with van der Waals surface area (Å²) in [6, 6.07) is 21.5. The molecule has 5 nitrogen and oxygen atoms in total. The lowest BCUT2D eigenvalue weighted by Crippen LogP contribution is -2.15. The second-order valence-corrected chi connectivity index (χ2v) is 9.14. The van der Waals surface area contributed by atoms with Crippen molar-refractivity contribution in [2.24, 2.45) is 0 Å². The Morgan fingerprint density at radius 1 is 0.935 bits per heavy atom. The molecule has 0 unspecified atom stereocenters. The third-order valence-electron chi connectivity index (χ3n) is 4.60. The SMILES string of the molecule is Cc1ccc(NC(=O)Cc2csc(SCC(=O)Nc3cccc4ccccc34)n2)cc1. The summed E-state index contributed by atoms with van der Waals surface area (Å²) in [5.74, 6) is 0.0563. The average Bonchev–Trinajstić information content (AvgIpc) is 3.21. The molecule has 7 heteroatoms. The van der Waals surface area contributed by atoms with Gasteiger partial charge in [0, 0.05) is 22.1 Å². The number of fused-ring (bicyclic) bond motifs is 1. The van der Waals surface area contributed by atoms with Gasteiger partial charge in [0.2, 0.25) is 11.8 Å². The van der Waals surface area contributed by atoms with E-state index in [4.69, 9.17) is 0 Å². The summed E-state index contributed by atoms with van der Waals surface area (Å²) in [7, 11) is 0. The Morgan fingerprint density at radius 2 is 1.71 bits per heavy atom. The van der Waals surface area contributed by atoms with E-state index in [9.17, 15) is 9.59 Å². The molecule has 0 saturated heterocycles. The Labute approximate surface area is 188 Å². The van der Waals surface area contributed by atoms with Crippen LogP contribution in [0.1, 0.15) is 11.3 Å². The summed E-state index contributed by atoms with van der Waals surface area (Å²) in [5, 5.41) is 9.81. The molecule has 0 fully saturated rings. The van der Waals surface area contributed by atoms with Crippen molar-refractivity contribution in [3.63, 3.8) is 0 Å². The van der Waals surface area contributed by atoms with Crippen LogP contribution < -0.4 is 10.6 Å². The number of anilines is 2. The van der Waals surface area contributed by atoms with Gasteiger partial charge in [-0.05, 0) is 30.5 Å². The number of hydrogen-bond donors (Lipinski definition) is 2. The Morgan fingerprint density at radius 3 is 2.55 bits per heavy atom. The molecule has 0 radical (unpaired) electrons. The zero-order valence-electron chi connectivity index (χ0n) is 16.9. The molecular weight excluding hydrogens is 426 g/mol. The highest BCUT2D eigenvalue weighted by Crippen LogP contribution is 2.25. The molecule has 0 aliphatic heterocycles. The number of carbonyl (C=O) groups is 2. The minimum absolute atomic E-state index is 0.0878. The minimum Gasteiger partial charge on any atom is -0.326 e. The maximum Gasteiger partial charge on any atom is 0.234 e. The van der Waals surface area contributed by atoms with Crippen LogP contribution in [0.5, 0.6) is 0 Å². The van der Waals surface area contributed by atoms with E-state index in [0.29, 0.717) is 5.69 Å². The van der Waals surface area contributed by atoms with E-state index >= 15 is 0 Å². The fraction of sp³-hybridized carbons (Fsp3) is 0.125. The highest BCUT2D eigenvalue weighted by atomic mass is 32.2. The lowest BCUT2D eigenvalue weighted by atomic mass is 10.1. The first-order valence-corrected chi connectivity index (χ1v) is 11.6. The highest BCUT2D eigenvalue weighted by molar-refractivity contribution is 8.01. The number of hydrogen-bond acceptors (Lipinski definition) is 5. The number of carbonyl (C=O) groups excluding carboxylic acids is 2. The van der Waals surface area contributed by atoms with Gasteiger partial charge in [0.1, 0.15) is 0 Å². The smallest absolute Gasteiger partial charge is 0.234 e. The molecule has 0 bridgehead atoms. The minimum atomic E-state index is -0.112. The third-order valence-corrected chi connectivity index (χ3v) is 6.67. The van der Waals surface area contributed by atoms with Gasteiger partial charge in [-0.3, -0.25) is 9.59 Å². The van der Waals surface area contributed by atoms with E-state index in [-0.39, 0.29) is 24.0 Å². The number of amides is 2. The first-order valence-electron chi connectivity index (χ1n) is 9.78. The van der Waals surface area contributed by atoms with Crippen LogP contribution >= 0.6 is 23.1 Å². The zero-order chi connectivity index (χ0) is 21.6. The lowest BCUT2D eigenvalue weighted by molar-refractivity contribution is -0.116. The van der Waals surface area contributed by atoms with E-state index in [2.05, 4.69) is 15.6 Å². The molecule has 4 rings (SSSR count). The van der Waals surface area contributed by atoms with Crippen LogP contribution in [0.3, 0.4) is 0 Å². The predicted molar refractivity (Wildman–Crippen MR) is 129 cm³/mol. The van der Waals surface area contributed by atoms with E-state index in [1.165, 1.54) is 23.1 Å². The van der Waals surface area contributed by atoms with Crippen molar-refractivity contribution in [3.8, 4) is 0 Å². The fourth-order valence-corrected chi connectivity index (χ4v) is 4.74. The van der Waals surface area contributed by atoms with Crippen LogP contribution in [0.25, 0.3) is 10.8 Å². The Kier molecular flexibility index (Phi) is 6.64. The summed E-state index contributed by atoms with van der Waals surface area (Å²) < 4.78 is 0.770. The molecular formula is C24H21N3O2S2. The molecule has 0 atom stereocenters. The standard InChI is InChI=1S/C24H21N3O2S2/c1-16-9-11-18(12-10-16)25-22(28)13-19-14-30-24(26-19)31-15-23(29)27-21-8-4-6-17-5-2-3-7-20(17)21/h2-12,14H,13,15H2,1H3,(H,25,28)(H,27,29). The molecule has 31 heavy (non-hydrogen) atoms. The molecule has 0 aliphatic rings. The molecule has 0 saturated carbocycles. The Bertz CT molecular complexity index is 1210. The van der Waals surface area contributed by atoms with E-state index < -0.39 is 0 Å². The zero-order valence-corrected chi connectivity index (χ0v) is 18.6. The number of aryl methyl sites for hydroxylation is 1. The number of benzene rings is 3. The first kappa shape index (κ1) is 21.1. The number of aromatic nitrogens is 1. The van der Waals surface area contributed by atoms with Crippen LogP contribution in [-0.4, -0.2) is 22.6 Å². The number of thiazole rings is 1. The van der Waals surface area contributed by atoms with Gasteiger partial charge in [0.15, 0.2) is 4.34 Å². The van der Waals surface area contributed by atoms with Crippen molar-refractivity contribution in [1.82, 2.24) is 4.98 Å². The number of nitrogens with zero attached hydrogens (tertiary/aromatic N) is 1. The summed E-state index contributed by atoms with van der Waals surface area (Å²) in [6.45, 7) is 2.00. The summed E-state index contributed by atoms with van der Waals surface area (Å²) >= 11 is 2.81. The molecule has 4 aromatic rings. The molecule has 1 heterocycles. The number of nitrogens with one attached hydrogen (secondary N) is 2. The van der Waals surface area contributed by atoms with Gasteiger partial charge in [-0.15, -0.1) is 11.3 Å². The van der Waals surface area contributed by atoms with Crippen LogP contribution in [0.4, 0.5) is 11.4 Å². The van der Waals surface area contributed by atoms with Gasteiger partial charge in [-0.2, -0.15) is 0 Å². The summed E-state index contributed by atoms with van der Waals surface area (Å²) in [5.41, 5.74) is 3.41. The Hall–Kier alpha value is -3.16. The summed E-state index contributed by atoms with van der Waals surface area (Å²) in [6.07, 6.45) is 0.202. The van der Waals surface area contributed by atoms with E-state index in [0.717, 1.165) is 32.1 Å². The van der Waals surface area contributed by atoms with Crippen molar-refractivity contribution in [3.05, 3.63) is 83.4 Å². The molecule has 1 aromatic heterocycles. The molecule has 156 valence electrons. The maximum atomic E-state index is 12.4. The fourth-order valence-electron chi connectivity index (χ4n) is 3.09. The maximum absolute atomic E-state index is 12.4. The predicted octanol–water partition coefficient (Wildman–Crippen LogP) is 5.52. The monoisotopic (exact) mass is 447 g/mol. The van der Waals surface area contributed by atoms with Crippen molar-refractivity contribution in [1.29, 1.82) is 0 Å².